The molecule has 0 atom stereocenters. The molecule has 0 saturated carbocycles. The van der Waals surface area contributed by atoms with Gasteiger partial charge in [0.25, 0.3) is 0 Å². The number of thioether (sulfide) groups is 1. The first kappa shape index (κ1) is 11.5. The summed E-state index contributed by atoms with van der Waals surface area (Å²) in [6.07, 6.45) is 2.29. The standard InChI is InChI=1S/C11H18N2S/c1-9-7-10(2)13-11(8-9)14-6-4-3-5-12/h7-8H,3-6,12H2,1-2H3. The van der Waals surface area contributed by atoms with E-state index in [0.717, 1.165) is 29.4 Å². The summed E-state index contributed by atoms with van der Waals surface area (Å²) in [5.41, 5.74) is 7.82. The Morgan fingerprint density at radius 1 is 1.29 bits per heavy atom. The van der Waals surface area contributed by atoms with Gasteiger partial charge in [-0.05, 0) is 56.7 Å². The summed E-state index contributed by atoms with van der Waals surface area (Å²) < 4.78 is 0. The van der Waals surface area contributed by atoms with E-state index in [1.165, 1.54) is 12.0 Å². The first-order valence-corrected chi connectivity index (χ1v) is 5.99. The molecule has 1 aromatic heterocycles. The average molecular weight is 210 g/mol. The van der Waals surface area contributed by atoms with Crippen molar-refractivity contribution in [1.29, 1.82) is 0 Å². The van der Waals surface area contributed by atoms with Gasteiger partial charge < -0.3 is 5.73 Å². The minimum absolute atomic E-state index is 0.792. The van der Waals surface area contributed by atoms with Crippen LogP contribution in [0.15, 0.2) is 17.2 Å². The maximum Gasteiger partial charge on any atom is 0.0965 e. The van der Waals surface area contributed by atoms with Crippen molar-refractivity contribution in [2.24, 2.45) is 5.73 Å². The molecule has 14 heavy (non-hydrogen) atoms. The van der Waals surface area contributed by atoms with Crippen LogP contribution in [0.4, 0.5) is 0 Å². The van der Waals surface area contributed by atoms with Crippen molar-refractivity contribution in [1.82, 2.24) is 4.98 Å². The fourth-order valence-corrected chi connectivity index (χ4v) is 2.34. The summed E-state index contributed by atoms with van der Waals surface area (Å²) in [7, 11) is 0. The van der Waals surface area contributed by atoms with Crippen molar-refractivity contribution in [3.8, 4) is 0 Å². The molecule has 2 nitrogen and oxygen atoms in total. The molecular weight excluding hydrogens is 192 g/mol. The van der Waals surface area contributed by atoms with Crippen LogP contribution in [0, 0.1) is 13.8 Å². The maximum absolute atomic E-state index is 5.43. The first-order valence-electron chi connectivity index (χ1n) is 5.00. The van der Waals surface area contributed by atoms with E-state index in [0.29, 0.717) is 0 Å². The van der Waals surface area contributed by atoms with Crippen LogP contribution in [0.1, 0.15) is 24.1 Å². The fourth-order valence-electron chi connectivity index (χ4n) is 1.30. The smallest absolute Gasteiger partial charge is 0.0965 e. The van der Waals surface area contributed by atoms with Crippen molar-refractivity contribution in [2.45, 2.75) is 31.7 Å². The van der Waals surface area contributed by atoms with Crippen LogP contribution in [0.2, 0.25) is 0 Å². The van der Waals surface area contributed by atoms with Crippen molar-refractivity contribution in [2.75, 3.05) is 12.3 Å². The highest BCUT2D eigenvalue weighted by atomic mass is 32.2. The van der Waals surface area contributed by atoms with Crippen LogP contribution in [0.25, 0.3) is 0 Å². The van der Waals surface area contributed by atoms with Crippen LogP contribution in [0.5, 0.6) is 0 Å². The second-order valence-corrected chi connectivity index (χ2v) is 4.58. The van der Waals surface area contributed by atoms with Gasteiger partial charge in [0, 0.05) is 5.69 Å². The van der Waals surface area contributed by atoms with Crippen LogP contribution < -0.4 is 5.73 Å². The molecule has 0 amide bonds. The van der Waals surface area contributed by atoms with Crippen LogP contribution in [-0.4, -0.2) is 17.3 Å². The minimum Gasteiger partial charge on any atom is -0.330 e. The molecule has 0 aromatic carbocycles. The summed E-state index contributed by atoms with van der Waals surface area (Å²) in [5, 5.41) is 1.14. The number of aromatic nitrogens is 1. The van der Waals surface area contributed by atoms with Gasteiger partial charge in [-0.2, -0.15) is 0 Å². The lowest BCUT2D eigenvalue weighted by Gasteiger charge is -2.03. The number of unbranched alkanes of at least 4 members (excludes halogenated alkanes) is 1. The topological polar surface area (TPSA) is 38.9 Å². The SMILES string of the molecule is Cc1cc(C)nc(SCCCCN)c1. The maximum atomic E-state index is 5.43. The molecule has 0 radical (unpaired) electrons. The van der Waals surface area contributed by atoms with E-state index >= 15 is 0 Å². The summed E-state index contributed by atoms with van der Waals surface area (Å²) in [4.78, 5) is 4.46. The van der Waals surface area contributed by atoms with E-state index in [1.807, 2.05) is 18.7 Å². The van der Waals surface area contributed by atoms with Gasteiger partial charge in [-0.25, -0.2) is 4.98 Å². The third-order valence-electron chi connectivity index (χ3n) is 1.92. The molecule has 0 saturated heterocycles. The van der Waals surface area contributed by atoms with Gasteiger partial charge >= 0.3 is 0 Å². The Hall–Kier alpha value is -0.540. The largest absolute Gasteiger partial charge is 0.330 e. The van der Waals surface area contributed by atoms with E-state index in [2.05, 4.69) is 24.0 Å². The normalized spacial score (nSPS) is 10.5. The van der Waals surface area contributed by atoms with E-state index in [4.69, 9.17) is 5.73 Å². The molecule has 0 aliphatic rings. The highest BCUT2D eigenvalue weighted by Gasteiger charge is 1.97. The molecule has 3 heteroatoms. The number of nitrogens with zero attached hydrogens (tertiary/aromatic N) is 1. The van der Waals surface area contributed by atoms with Gasteiger partial charge in [0.1, 0.15) is 0 Å². The number of aryl methyl sites for hydroxylation is 2. The second kappa shape index (κ2) is 6.04. The van der Waals surface area contributed by atoms with Gasteiger partial charge in [-0.3, -0.25) is 0 Å². The van der Waals surface area contributed by atoms with Crippen LogP contribution in [-0.2, 0) is 0 Å². The summed E-state index contributed by atoms with van der Waals surface area (Å²) in [6, 6.07) is 4.24. The molecular formula is C11H18N2S. The monoisotopic (exact) mass is 210 g/mol. The number of pyridine rings is 1. The number of rotatable bonds is 5. The Labute approximate surface area is 90.3 Å². The lowest BCUT2D eigenvalue weighted by atomic mass is 10.3. The molecule has 0 unspecified atom stereocenters. The molecule has 0 aliphatic heterocycles. The van der Waals surface area contributed by atoms with Crippen molar-refractivity contribution < 1.29 is 0 Å². The lowest BCUT2D eigenvalue weighted by Crippen LogP contribution is -1.98. The van der Waals surface area contributed by atoms with Crippen molar-refractivity contribution >= 4 is 11.8 Å². The molecule has 0 spiro atoms. The lowest BCUT2D eigenvalue weighted by molar-refractivity contribution is 0.813. The summed E-state index contributed by atoms with van der Waals surface area (Å²) >= 11 is 1.82. The Balaban J connectivity index is 2.42. The predicted octanol–water partition coefficient (Wildman–Crippen LogP) is 2.53. The minimum atomic E-state index is 0.792. The van der Waals surface area contributed by atoms with Crippen LogP contribution >= 0.6 is 11.8 Å². The summed E-state index contributed by atoms with van der Waals surface area (Å²) in [6.45, 7) is 4.94. The number of nitrogens with two attached hydrogens (primary N) is 1. The predicted molar refractivity (Wildman–Crippen MR) is 62.7 cm³/mol. The zero-order valence-electron chi connectivity index (χ0n) is 8.92. The Kier molecular flexibility index (Phi) is 4.98. The highest BCUT2D eigenvalue weighted by molar-refractivity contribution is 7.99. The Morgan fingerprint density at radius 2 is 2.07 bits per heavy atom. The van der Waals surface area contributed by atoms with Crippen molar-refractivity contribution in [3.63, 3.8) is 0 Å². The van der Waals surface area contributed by atoms with Gasteiger partial charge in [0.15, 0.2) is 0 Å². The summed E-state index contributed by atoms with van der Waals surface area (Å²) in [5.74, 6) is 1.12. The number of hydrogen-bond donors (Lipinski definition) is 1. The van der Waals surface area contributed by atoms with E-state index < -0.39 is 0 Å². The molecule has 78 valence electrons. The first-order chi connectivity index (χ1) is 6.72. The zero-order valence-corrected chi connectivity index (χ0v) is 9.73. The Morgan fingerprint density at radius 3 is 2.71 bits per heavy atom. The molecule has 1 rings (SSSR count). The molecule has 1 aromatic rings. The number of hydrogen-bond acceptors (Lipinski definition) is 3. The molecule has 0 fully saturated rings. The van der Waals surface area contributed by atoms with E-state index in [9.17, 15) is 0 Å². The van der Waals surface area contributed by atoms with Crippen LogP contribution in [0.3, 0.4) is 0 Å². The Bertz CT molecular complexity index is 266. The second-order valence-electron chi connectivity index (χ2n) is 3.47. The van der Waals surface area contributed by atoms with Gasteiger partial charge in [-0.15, -0.1) is 11.8 Å². The molecule has 1 heterocycles. The average Bonchev–Trinajstić information content (AvgIpc) is 2.11. The van der Waals surface area contributed by atoms with Gasteiger partial charge in [0.2, 0.25) is 0 Å². The quantitative estimate of drug-likeness (QED) is 0.599. The molecule has 0 bridgehead atoms. The third kappa shape index (κ3) is 4.11. The van der Waals surface area contributed by atoms with E-state index in [1.54, 1.807) is 0 Å². The third-order valence-corrected chi connectivity index (χ3v) is 2.92. The molecule has 2 N–H and O–H groups in total. The van der Waals surface area contributed by atoms with Gasteiger partial charge in [-0.1, -0.05) is 0 Å². The van der Waals surface area contributed by atoms with Gasteiger partial charge in [0.05, 0.1) is 5.03 Å². The van der Waals surface area contributed by atoms with E-state index in [-0.39, 0.29) is 0 Å². The molecule has 0 aliphatic carbocycles. The zero-order chi connectivity index (χ0) is 10.4. The van der Waals surface area contributed by atoms with Crippen molar-refractivity contribution in [3.05, 3.63) is 23.4 Å². The highest BCUT2D eigenvalue weighted by Crippen LogP contribution is 2.18. The fraction of sp³-hybridized carbons (Fsp3) is 0.545.